The standard InChI is InChI=1S/C13H26N2O2/c1-14-10-8-12(16-2)13(17-3)9-11(10)15-6-4-5-7-15/h10-14H,4-9H2,1-3H3. The van der Waals surface area contributed by atoms with Crippen LogP contribution in [0, 0.1) is 0 Å². The van der Waals surface area contributed by atoms with Gasteiger partial charge in [-0.3, -0.25) is 4.90 Å². The predicted molar refractivity (Wildman–Crippen MR) is 68.3 cm³/mol. The molecule has 1 aliphatic heterocycles. The first-order valence-corrected chi connectivity index (χ1v) is 6.77. The van der Waals surface area contributed by atoms with Gasteiger partial charge < -0.3 is 14.8 Å². The van der Waals surface area contributed by atoms with Crippen molar-refractivity contribution < 1.29 is 9.47 Å². The lowest BCUT2D eigenvalue weighted by atomic mass is 9.85. The van der Waals surface area contributed by atoms with Gasteiger partial charge in [0.25, 0.3) is 0 Å². The van der Waals surface area contributed by atoms with E-state index >= 15 is 0 Å². The van der Waals surface area contributed by atoms with Crippen molar-refractivity contribution in [1.29, 1.82) is 0 Å². The van der Waals surface area contributed by atoms with Crippen LogP contribution in [0.25, 0.3) is 0 Å². The van der Waals surface area contributed by atoms with Gasteiger partial charge in [-0.15, -0.1) is 0 Å². The molecule has 1 saturated carbocycles. The summed E-state index contributed by atoms with van der Waals surface area (Å²) in [7, 11) is 5.66. The van der Waals surface area contributed by atoms with E-state index in [0.717, 1.165) is 12.8 Å². The number of ether oxygens (including phenoxy) is 2. The minimum atomic E-state index is 0.233. The molecule has 1 saturated heterocycles. The summed E-state index contributed by atoms with van der Waals surface area (Å²) in [6.07, 6.45) is 5.30. The fourth-order valence-electron chi connectivity index (χ4n) is 3.40. The van der Waals surface area contributed by atoms with E-state index in [1.807, 2.05) is 0 Å². The first-order chi connectivity index (χ1) is 8.30. The molecule has 4 atom stereocenters. The molecule has 0 aromatic rings. The monoisotopic (exact) mass is 242 g/mol. The minimum absolute atomic E-state index is 0.233. The van der Waals surface area contributed by atoms with E-state index in [2.05, 4.69) is 17.3 Å². The fraction of sp³-hybridized carbons (Fsp3) is 1.00. The Kier molecular flexibility index (Phi) is 4.79. The maximum Gasteiger partial charge on any atom is 0.0848 e. The second kappa shape index (κ2) is 6.14. The minimum Gasteiger partial charge on any atom is -0.379 e. The number of nitrogens with zero attached hydrogens (tertiary/aromatic N) is 1. The number of nitrogens with one attached hydrogen (secondary N) is 1. The highest BCUT2D eigenvalue weighted by molar-refractivity contribution is 4.96. The smallest absolute Gasteiger partial charge is 0.0848 e. The quantitative estimate of drug-likeness (QED) is 0.793. The van der Waals surface area contributed by atoms with Gasteiger partial charge in [0.1, 0.15) is 0 Å². The van der Waals surface area contributed by atoms with Crippen LogP contribution in [0.3, 0.4) is 0 Å². The number of rotatable bonds is 4. The van der Waals surface area contributed by atoms with Crippen LogP contribution in [0.1, 0.15) is 25.7 Å². The van der Waals surface area contributed by atoms with Gasteiger partial charge in [0, 0.05) is 26.3 Å². The summed E-state index contributed by atoms with van der Waals surface area (Å²) < 4.78 is 11.2. The van der Waals surface area contributed by atoms with Crippen LogP contribution >= 0.6 is 0 Å². The Balaban J connectivity index is 2.03. The molecule has 0 bridgehead atoms. The number of hydrogen-bond acceptors (Lipinski definition) is 4. The third-order valence-electron chi connectivity index (χ3n) is 4.43. The molecule has 1 heterocycles. The fourth-order valence-corrected chi connectivity index (χ4v) is 3.40. The van der Waals surface area contributed by atoms with Crippen molar-refractivity contribution in [1.82, 2.24) is 10.2 Å². The lowest BCUT2D eigenvalue weighted by molar-refractivity contribution is -0.0843. The van der Waals surface area contributed by atoms with Gasteiger partial charge in [-0.05, 0) is 45.8 Å². The summed E-state index contributed by atoms with van der Waals surface area (Å²) in [5.41, 5.74) is 0. The van der Waals surface area contributed by atoms with Crippen molar-refractivity contribution in [2.75, 3.05) is 34.4 Å². The van der Waals surface area contributed by atoms with E-state index in [0.29, 0.717) is 12.1 Å². The van der Waals surface area contributed by atoms with E-state index in [1.54, 1.807) is 14.2 Å². The topological polar surface area (TPSA) is 33.7 Å². The molecule has 1 N–H and O–H groups in total. The molecule has 4 nitrogen and oxygen atoms in total. The number of hydrogen-bond donors (Lipinski definition) is 1. The van der Waals surface area contributed by atoms with Gasteiger partial charge in [0.15, 0.2) is 0 Å². The summed E-state index contributed by atoms with van der Waals surface area (Å²) in [5, 5.41) is 3.46. The lowest BCUT2D eigenvalue weighted by Crippen LogP contribution is -2.57. The molecule has 100 valence electrons. The molecule has 0 radical (unpaired) electrons. The van der Waals surface area contributed by atoms with Gasteiger partial charge in [0.2, 0.25) is 0 Å². The summed E-state index contributed by atoms with van der Waals surface area (Å²) in [4.78, 5) is 2.62. The zero-order chi connectivity index (χ0) is 12.3. The maximum atomic E-state index is 5.60. The van der Waals surface area contributed by atoms with Crippen molar-refractivity contribution in [2.45, 2.75) is 50.0 Å². The van der Waals surface area contributed by atoms with E-state index in [9.17, 15) is 0 Å². The molecular formula is C13H26N2O2. The highest BCUT2D eigenvalue weighted by Gasteiger charge is 2.40. The molecule has 0 aromatic carbocycles. The van der Waals surface area contributed by atoms with Crippen LogP contribution in [0.15, 0.2) is 0 Å². The Morgan fingerprint density at radius 1 is 1.00 bits per heavy atom. The number of likely N-dealkylation sites (N-methyl/N-ethyl adjacent to an activating group) is 1. The molecule has 0 spiro atoms. The van der Waals surface area contributed by atoms with Crippen LogP contribution < -0.4 is 5.32 Å². The largest absolute Gasteiger partial charge is 0.379 e. The third kappa shape index (κ3) is 2.81. The molecule has 1 aliphatic carbocycles. The predicted octanol–water partition coefficient (Wildman–Crippen LogP) is 0.863. The number of likely N-dealkylation sites (tertiary alicyclic amines) is 1. The van der Waals surface area contributed by atoms with Crippen molar-refractivity contribution >= 4 is 0 Å². The van der Waals surface area contributed by atoms with Gasteiger partial charge >= 0.3 is 0 Å². The maximum absolute atomic E-state index is 5.60. The van der Waals surface area contributed by atoms with Crippen molar-refractivity contribution in [3.05, 3.63) is 0 Å². The van der Waals surface area contributed by atoms with Crippen LogP contribution in [0.5, 0.6) is 0 Å². The van der Waals surface area contributed by atoms with Crippen LogP contribution in [-0.2, 0) is 9.47 Å². The second-order valence-corrected chi connectivity index (χ2v) is 5.23. The van der Waals surface area contributed by atoms with Gasteiger partial charge in [-0.2, -0.15) is 0 Å². The molecular weight excluding hydrogens is 216 g/mol. The Morgan fingerprint density at radius 3 is 2.12 bits per heavy atom. The molecule has 2 aliphatic rings. The molecule has 2 fully saturated rings. The van der Waals surface area contributed by atoms with Crippen LogP contribution in [0.2, 0.25) is 0 Å². The van der Waals surface area contributed by atoms with Crippen molar-refractivity contribution in [3.8, 4) is 0 Å². The Hall–Kier alpha value is -0.160. The molecule has 4 unspecified atom stereocenters. The SMILES string of the molecule is CNC1CC(OC)C(OC)CC1N1CCCC1. The Morgan fingerprint density at radius 2 is 1.59 bits per heavy atom. The van der Waals surface area contributed by atoms with E-state index in [4.69, 9.17) is 9.47 Å². The molecule has 17 heavy (non-hydrogen) atoms. The van der Waals surface area contributed by atoms with Gasteiger partial charge in [0.05, 0.1) is 12.2 Å². The summed E-state index contributed by atoms with van der Waals surface area (Å²) >= 11 is 0. The van der Waals surface area contributed by atoms with E-state index < -0.39 is 0 Å². The van der Waals surface area contributed by atoms with E-state index in [1.165, 1.54) is 25.9 Å². The molecule has 0 amide bonds. The normalized spacial score (nSPS) is 39.7. The first kappa shape index (κ1) is 13.3. The van der Waals surface area contributed by atoms with Crippen LogP contribution in [0.4, 0.5) is 0 Å². The average molecular weight is 242 g/mol. The highest BCUT2D eigenvalue weighted by atomic mass is 16.5. The first-order valence-electron chi connectivity index (χ1n) is 6.77. The van der Waals surface area contributed by atoms with E-state index in [-0.39, 0.29) is 12.2 Å². The average Bonchev–Trinajstić information content (AvgIpc) is 2.90. The van der Waals surface area contributed by atoms with Gasteiger partial charge in [-0.1, -0.05) is 0 Å². The lowest BCUT2D eigenvalue weighted by Gasteiger charge is -2.43. The Labute approximate surface area is 105 Å². The van der Waals surface area contributed by atoms with Crippen molar-refractivity contribution in [2.24, 2.45) is 0 Å². The molecule has 0 aromatic heterocycles. The number of methoxy groups -OCH3 is 2. The van der Waals surface area contributed by atoms with Gasteiger partial charge in [-0.25, -0.2) is 0 Å². The summed E-state index contributed by atoms with van der Waals surface area (Å²) in [6.45, 7) is 2.49. The third-order valence-corrected chi connectivity index (χ3v) is 4.43. The summed E-state index contributed by atoms with van der Waals surface area (Å²) in [6, 6.07) is 1.14. The Bertz CT molecular complexity index is 231. The zero-order valence-electron chi connectivity index (χ0n) is 11.3. The summed E-state index contributed by atoms with van der Waals surface area (Å²) in [5.74, 6) is 0. The van der Waals surface area contributed by atoms with Crippen molar-refractivity contribution in [3.63, 3.8) is 0 Å². The molecule has 4 heteroatoms. The molecule has 2 rings (SSSR count). The van der Waals surface area contributed by atoms with Crippen LogP contribution in [-0.4, -0.2) is 63.5 Å². The second-order valence-electron chi connectivity index (χ2n) is 5.23. The zero-order valence-corrected chi connectivity index (χ0v) is 11.3. The highest BCUT2D eigenvalue weighted by Crippen LogP contribution is 2.29.